The Morgan fingerprint density at radius 2 is 1.96 bits per heavy atom. The molecule has 0 spiro atoms. The number of nitrogens with zero attached hydrogens (tertiary/aromatic N) is 2. The molecule has 0 aliphatic heterocycles. The summed E-state index contributed by atoms with van der Waals surface area (Å²) < 4.78 is 6.94. The molecule has 1 amide bonds. The lowest BCUT2D eigenvalue weighted by atomic mass is 10.1. The van der Waals surface area contributed by atoms with Gasteiger partial charge < -0.3 is 14.5 Å². The Morgan fingerprint density at radius 3 is 2.77 bits per heavy atom. The molecule has 4 aromatic rings. The molecular formula is C21H15N3O2. The number of fused-ring (bicyclic) bond motifs is 3. The van der Waals surface area contributed by atoms with Crippen molar-refractivity contribution in [2.75, 3.05) is 12.4 Å². The van der Waals surface area contributed by atoms with Crippen LogP contribution in [0.2, 0.25) is 0 Å². The minimum absolute atomic E-state index is 0.287. The number of rotatable bonds is 3. The van der Waals surface area contributed by atoms with Crippen LogP contribution in [0.3, 0.4) is 0 Å². The highest BCUT2D eigenvalue weighted by Crippen LogP contribution is 2.26. The average Bonchev–Trinajstić information content (AvgIpc) is 3.07. The Labute approximate surface area is 150 Å². The number of carbonyl (C=O) groups is 1. The summed E-state index contributed by atoms with van der Waals surface area (Å²) >= 11 is 0. The van der Waals surface area contributed by atoms with Crippen LogP contribution in [0.25, 0.3) is 16.3 Å². The summed E-state index contributed by atoms with van der Waals surface area (Å²) in [5.41, 5.74) is 2.24. The maximum Gasteiger partial charge on any atom is 0.272 e. The number of anilines is 1. The third-order valence-corrected chi connectivity index (χ3v) is 4.34. The number of aromatic nitrogens is 1. The number of hydrogen-bond donors (Lipinski definition) is 1. The van der Waals surface area contributed by atoms with Crippen LogP contribution in [-0.2, 0) is 0 Å². The van der Waals surface area contributed by atoms with Crippen LogP contribution in [0.4, 0.5) is 5.69 Å². The van der Waals surface area contributed by atoms with Gasteiger partial charge in [0.25, 0.3) is 5.91 Å². The van der Waals surface area contributed by atoms with Gasteiger partial charge in [0.2, 0.25) is 0 Å². The van der Waals surface area contributed by atoms with Gasteiger partial charge in [0, 0.05) is 23.3 Å². The van der Waals surface area contributed by atoms with E-state index in [2.05, 4.69) is 11.4 Å². The predicted molar refractivity (Wildman–Crippen MR) is 101 cm³/mol. The summed E-state index contributed by atoms with van der Waals surface area (Å²) in [4.78, 5) is 12.8. The molecule has 2 aromatic carbocycles. The lowest BCUT2D eigenvalue weighted by Crippen LogP contribution is -2.14. The van der Waals surface area contributed by atoms with E-state index in [0.29, 0.717) is 22.7 Å². The first-order valence-electron chi connectivity index (χ1n) is 8.09. The van der Waals surface area contributed by atoms with Gasteiger partial charge in [-0.3, -0.25) is 4.79 Å². The SMILES string of the molecule is COc1cccc(NC(=O)c2cc(C#N)c3c4ccccc4ccn23)c1. The normalized spacial score (nSPS) is 10.6. The summed E-state index contributed by atoms with van der Waals surface area (Å²) in [6.07, 6.45) is 1.82. The Morgan fingerprint density at radius 1 is 1.12 bits per heavy atom. The van der Waals surface area contributed by atoms with Crippen LogP contribution in [-0.4, -0.2) is 17.4 Å². The van der Waals surface area contributed by atoms with E-state index in [9.17, 15) is 10.1 Å². The van der Waals surface area contributed by atoms with Crippen LogP contribution >= 0.6 is 0 Å². The molecule has 1 N–H and O–H groups in total. The predicted octanol–water partition coefficient (Wildman–Crippen LogP) is 4.23. The van der Waals surface area contributed by atoms with Crippen molar-refractivity contribution in [3.05, 3.63) is 78.1 Å². The average molecular weight is 341 g/mol. The second-order valence-electron chi connectivity index (χ2n) is 5.86. The van der Waals surface area contributed by atoms with Crippen LogP contribution < -0.4 is 10.1 Å². The van der Waals surface area contributed by atoms with Gasteiger partial charge in [-0.1, -0.05) is 30.3 Å². The number of nitriles is 1. The van der Waals surface area contributed by atoms with Gasteiger partial charge in [-0.25, -0.2) is 0 Å². The maximum absolute atomic E-state index is 12.8. The highest BCUT2D eigenvalue weighted by atomic mass is 16.5. The monoisotopic (exact) mass is 341 g/mol. The summed E-state index contributed by atoms with van der Waals surface area (Å²) in [7, 11) is 1.58. The maximum atomic E-state index is 12.8. The third-order valence-electron chi connectivity index (χ3n) is 4.34. The highest BCUT2D eigenvalue weighted by Gasteiger charge is 2.17. The van der Waals surface area contributed by atoms with Crippen molar-refractivity contribution < 1.29 is 9.53 Å². The zero-order valence-electron chi connectivity index (χ0n) is 14.1. The molecule has 5 heteroatoms. The van der Waals surface area contributed by atoms with E-state index in [4.69, 9.17) is 4.74 Å². The molecule has 0 unspecified atom stereocenters. The van der Waals surface area contributed by atoms with Crippen molar-refractivity contribution in [3.8, 4) is 11.8 Å². The van der Waals surface area contributed by atoms with Gasteiger partial charge in [0.1, 0.15) is 17.5 Å². The second kappa shape index (κ2) is 6.26. The van der Waals surface area contributed by atoms with Crippen molar-refractivity contribution in [2.24, 2.45) is 0 Å². The Kier molecular flexibility index (Phi) is 3.79. The zero-order chi connectivity index (χ0) is 18.1. The molecule has 26 heavy (non-hydrogen) atoms. The number of nitrogens with one attached hydrogen (secondary N) is 1. The summed E-state index contributed by atoms with van der Waals surface area (Å²) in [5, 5.41) is 14.4. The molecule has 0 atom stereocenters. The van der Waals surface area contributed by atoms with Crippen molar-refractivity contribution >= 4 is 27.9 Å². The Balaban J connectivity index is 1.82. The first-order chi connectivity index (χ1) is 12.7. The fourth-order valence-corrected chi connectivity index (χ4v) is 3.12. The largest absolute Gasteiger partial charge is 0.497 e. The van der Waals surface area contributed by atoms with E-state index in [0.717, 1.165) is 16.3 Å². The molecule has 0 bridgehead atoms. The van der Waals surface area contributed by atoms with Crippen LogP contribution in [0.5, 0.6) is 5.75 Å². The number of pyridine rings is 1. The molecule has 0 saturated carbocycles. The fraction of sp³-hybridized carbons (Fsp3) is 0.0476. The molecule has 0 fully saturated rings. The van der Waals surface area contributed by atoms with Crippen molar-refractivity contribution in [2.45, 2.75) is 0 Å². The number of carbonyl (C=O) groups excluding carboxylic acids is 1. The van der Waals surface area contributed by atoms with E-state index in [-0.39, 0.29) is 5.91 Å². The van der Waals surface area contributed by atoms with Crippen molar-refractivity contribution in [1.29, 1.82) is 5.26 Å². The van der Waals surface area contributed by atoms with Gasteiger partial charge >= 0.3 is 0 Å². The minimum Gasteiger partial charge on any atom is -0.497 e. The summed E-state index contributed by atoms with van der Waals surface area (Å²) in [5.74, 6) is 0.372. The van der Waals surface area contributed by atoms with E-state index < -0.39 is 0 Å². The van der Waals surface area contributed by atoms with Crippen LogP contribution in [0, 0.1) is 11.3 Å². The topological polar surface area (TPSA) is 66.5 Å². The molecule has 0 aliphatic carbocycles. The van der Waals surface area contributed by atoms with E-state index in [1.165, 1.54) is 0 Å². The molecular weight excluding hydrogens is 326 g/mol. The summed E-state index contributed by atoms with van der Waals surface area (Å²) in [6, 6.07) is 20.7. The number of ether oxygens (including phenoxy) is 1. The first kappa shape index (κ1) is 15.7. The number of benzene rings is 2. The molecule has 5 nitrogen and oxygen atoms in total. The van der Waals surface area contributed by atoms with Gasteiger partial charge in [-0.05, 0) is 29.7 Å². The van der Waals surface area contributed by atoms with Crippen molar-refractivity contribution in [3.63, 3.8) is 0 Å². The minimum atomic E-state index is -0.287. The van der Waals surface area contributed by atoms with Crippen LogP contribution in [0.15, 0.2) is 66.9 Å². The Hall–Kier alpha value is -3.78. The highest BCUT2D eigenvalue weighted by molar-refractivity contribution is 6.07. The first-order valence-corrected chi connectivity index (χ1v) is 8.09. The third kappa shape index (κ3) is 2.54. The molecule has 2 heterocycles. The van der Waals surface area contributed by atoms with Gasteiger partial charge in [-0.15, -0.1) is 0 Å². The number of amides is 1. The van der Waals surface area contributed by atoms with Crippen LogP contribution in [0.1, 0.15) is 16.1 Å². The number of hydrogen-bond acceptors (Lipinski definition) is 3. The van der Waals surface area contributed by atoms with E-state index in [1.807, 2.05) is 42.6 Å². The smallest absolute Gasteiger partial charge is 0.272 e. The molecule has 0 aliphatic rings. The molecule has 0 radical (unpaired) electrons. The lowest BCUT2D eigenvalue weighted by molar-refractivity contribution is 0.102. The molecule has 2 aromatic heterocycles. The Bertz CT molecular complexity index is 1190. The quantitative estimate of drug-likeness (QED) is 0.606. The van der Waals surface area contributed by atoms with Gasteiger partial charge in [0.05, 0.1) is 18.2 Å². The summed E-state index contributed by atoms with van der Waals surface area (Å²) in [6.45, 7) is 0. The van der Waals surface area contributed by atoms with Gasteiger partial charge in [-0.2, -0.15) is 5.26 Å². The standard InChI is InChI=1S/C21H15N3O2/c1-26-17-7-4-6-16(12-17)23-21(25)19-11-15(13-22)20-18-8-3-2-5-14(18)9-10-24(19)20/h2-12H,1H3,(H,23,25). The van der Waals surface area contributed by atoms with E-state index >= 15 is 0 Å². The van der Waals surface area contributed by atoms with Gasteiger partial charge in [0.15, 0.2) is 0 Å². The molecule has 4 rings (SSSR count). The zero-order valence-corrected chi connectivity index (χ0v) is 14.1. The van der Waals surface area contributed by atoms with E-state index in [1.54, 1.807) is 35.8 Å². The van der Waals surface area contributed by atoms with Crippen molar-refractivity contribution in [1.82, 2.24) is 4.40 Å². The second-order valence-corrected chi connectivity index (χ2v) is 5.86. The molecule has 0 saturated heterocycles. The lowest BCUT2D eigenvalue weighted by Gasteiger charge is -2.08. The number of methoxy groups -OCH3 is 1. The fourth-order valence-electron chi connectivity index (χ4n) is 3.12. The molecule has 126 valence electrons.